The molecule has 1 aromatic rings. The second-order valence-corrected chi connectivity index (χ2v) is 4.42. The van der Waals surface area contributed by atoms with Gasteiger partial charge in [0.15, 0.2) is 0 Å². The zero-order valence-electron chi connectivity index (χ0n) is 11.1. The van der Waals surface area contributed by atoms with E-state index in [2.05, 4.69) is 5.32 Å². The van der Waals surface area contributed by atoms with Crippen molar-refractivity contribution in [3.05, 3.63) is 39.7 Å². The van der Waals surface area contributed by atoms with Gasteiger partial charge in [0.25, 0.3) is 11.6 Å². The van der Waals surface area contributed by atoms with E-state index in [-0.39, 0.29) is 18.1 Å². The number of halogens is 1. The van der Waals surface area contributed by atoms with Crippen LogP contribution in [0.5, 0.6) is 0 Å². The molecule has 0 aliphatic carbocycles. The Morgan fingerprint density at radius 3 is 2.75 bits per heavy atom. The van der Waals surface area contributed by atoms with E-state index in [1.165, 1.54) is 0 Å². The Hall–Kier alpha value is -2.02. The summed E-state index contributed by atoms with van der Waals surface area (Å²) in [5, 5.41) is 21.9. The van der Waals surface area contributed by atoms with Crippen LogP contribution in [0.2, 0.25) is 0 Å². The lowest BCUT2D eigenvalue weighted by atomic mass is 10.0. The number of carbonyl (C=O) groups excluding carboxylic acids is 1. The molecule has 0 aromatic heterocycles. The molecule has 7 heteroatoms. The van der Waals surface area contributed by atoms with Gasteiger partial charge in [0.05, 0.1) is 16.6 Å². The fourth-order valence-electron chi connectivity index (χ4n) is 1.77. The molecule has 1 rings (SSSR count). The van der Waals surface area contributed by atoms with Crippen molar-refractivity contribution in [3.8, 4) is 0 Å². The monoisotopic (exact) mass is 284 g/mol. The summed E-state index contributed by atoms with van der Waals surface area (Å²) in [4.78, 5) is 21.5. The number of hydrogen-bond acceptors (Lipinski definition) is 4. The van der Waals surface area contributed by atoms with E-state index in [9.17, 15) is 19.3 Å². The van der Waals surface area contributed by atoms with Crippen LogP contribution in [0, 0.1) is 21.8 Å². The maximum atomic E-state index is 13.6. The molecule has 0 fully saturated rings. The highest BCUT2D eigenvalue weighted by Gasteiger charge is 2.17. The summed E-state index contributed by atoms with van der Waals surface area (Å²) < 4.78 is 13.6. The van der Waals surface area contributed by atoms with E-state index in [4.69, 9.17) is 5.11 Å². The third-order valence-corrected chi connectivity index (χ3v) is 3.07. The van der Waals surface area contributed by atoms with Gasteiger partial charge in [-0.1, -0.05) is 13.3 Å². The first kappa shape index (κ1) is 16.0. The van der Waals surface area contributed by atoms with Gasteiger partial charge in [-0.25, -0.2) is 4.39 Å². The first-order valence-electron chi connectivity index (χ1n) is 6.32. The van der Waals surface area contributed by atoms with E-state index in [0.29, 0.717) is 13.0 Å². The number of benzene rings is 1. The van der Waals surface area contributed by atoms with Crippen molar-refractivity contribution < 1.29 is 19.2 Å². The first-order valence-corrected chi connectivity index (χ1v) is 6.32. The third kappa shape index (κ3) is 4.27. The summed E-state index contributed by atoms with van der Waals surface area (Å²) in [7, 11) is 0. The van der Waals surface area contributed by atoms with Gasteiger partial charge in [0.2, 0.25) is 0 Å². The van der Waals surface area contributed by atoms with Crippen molar-refractivity contribution in [2.75, 3.05) is 13.2 Å². The molecule has 0 saturated heterocycles. The van der Waals surface area contributed by atoms with Crippen molar-refractivity contribution in [2.45, 2.75) is 19.8 Å². The quantitative estimate of drug-likeness (QED) is 0.590. The van der Waals surface area contributed by atoms with Crippen LogP contribution >= 0.6 is 0 Å². The van der Waals surface area contributed by atoms with Gasteiger partial charge in [-0.2, -0.15) is 0 Å². The Morgan fingerprint density at radius 2 is 2.25 bits per heavy atom. The molecule has 1 amide bonds. The summed E-state index contributed by atoms with van der Waals surface area (Å²) in [6, 6.07) is 2.90. The van der Waals surface area contributed by atoms with E-state index >= 15 is 0 Å². The molecule has 0 aliphatic heterocycles. The lowest BCUT2D eigenvalue weighted by Gasteiger charge is -2.14. The molecule has 0 radical (unpaired) electrons. The van der Waals surface area contributed by atoms with Gasteiger partial charge in [-0.05, 0) is 18.4 Å². The highest BCUT2D eigenvalue weighted by atomic mass is 19.1. The normalized spacial score (nSPS) is 11.9. The molecule has 0 saturated carbocycles. The Morgan fingerprint density at radius 1 is 1.55 bits per heavy atom. The number of nitro benzene ring substituents is 1. The second kappa shape index (κ2) is 7.54. The zero-order chi connectivity index (χ0) is 15.1. The smallest absolute Gasteiger partial charge is 0.272 e. The van der Waals surface area contributed by atoms with Crippen molar-refractivity contribution in [1.82, 2.24) is 5.32 Å². The summed E-state index contributed by atoms with van der Waals surface area (Å²) in [6.45, 7) is 2.28. The first-order chi connectivity index (χ1) is 9.49. The second-order valence-electron chi connectivity index (χ2n) is 4.42. The number of hydrogen-bond donors (Lipinski definition) is 2. The molecule has 0 heterocycles. The van der Waals surface area contributed by atoms with Crippen LogP contribution in [0.15, 0.2) is 18.2 Å². The van der Waals surface area contributed by atoms with Crippen LogP contribution in [0.25, 0.3) is 0 Å². The van der Waals surface area contributed by atoms with Gasteiger partial charge < -0.3 is 10.4 Å². The van der Waals surface area contributed by atoms with Gasteiger partial charge in [0.1, 0.15) is 5.82 Å². The van der Waals surface area contributed by atoms with E-state index in [1.54, 1.807) is 0 Å². The molecule has 1 atom stereocenters. The minimum Gasteiger partial charge on any atom is -0.396 e. The molecule has 6 nitrogen and oxygen atoms in total. The molecular formula is C13H17FN2O4. The number of amides is 1. The van der Waals surface area contributed by atoms with E-state index < -0.39 is 22.3 Å². The molecule has 0 aliphatic rings. The number of nitrogens with one attached hydrogen (secondary N) is 1. The molecule has 1 unspecified atom stereocenters. The molecule has 110 valence electrons. The van der Waals surface area contributed by atoms with E-state index in [0.717, 1.165) is 24.6 Å². The fraction of sp³-hybridized carbons (Fsp3) is 0.462. The highest BCUT2D eigenvalue weighted by molar-refractivity contribution is 5.94. The predicted octanol–water partition coefficient (Wildman–Crippen LogP) is 1.87. The number of rotatable bonds is 7. The Kier molecular flexibility index (Phi) is 6.05. The topological polar surface area (TPSA) is 92.5 Å². The van der Waals surface area contributed by atoms with Crippen molar-refractivity contribution in [3.63, 3.8) is 0 Å². The summed E-state index contributed by atoms with van der Waals surface area (Å²) >= 11 is 0. The number of carbonyl (C=O) groups is 1. The summed E-state index contributed by atoms with van der Waals surface area (Å²) in [6.07, 6.45) is 1.34. The number of aliphatic hydroxyl groups is 1. The van der Waals surface area contributed by atoms with Crippen LogP contribution < -0.4 is 5.32 Å². The number of aliphatic hydroxyl groups excluding tert-OH is 1. The average Bonchev–Trinajstić information content (AvgIpc) is 2.42. The van der Waals surface area contributed by atoms with E-state index in [1.807, 2.05) is 6.92 Å². The standard InChI is InChI=1S/C13H17FN2O4/c1-2-9(5-6-17)8-15-13(18)11-4-3-10(16(19)20)7-12(11)14/h3-4,7,9,17H,2,5-6,8H2,1H3,(H,15,18). The van der Waals surface area contributed by atoms with Gasteiger partial charge in [-0.3, -0.25) is 14.9 Å². The molecular weight excluding hydrogens is 267 g/mol. The summed E-state index contributed by atoms with van der Waals surface area (Å²) in [5.41, 5.74) is -0.625. The minimum absolute atomic E-state index is 0.0280. The SMILES string of the molecule is CCC(CCO)CNC(=O)c1ccc([N+](=O)[O-])cc1F. The number of nitro groups is 1. The van der Waals surface area contributed by atoms with Gasteiger partial charge in [0, 0.05) is 19.2 Å². The predicted molar refractivity (Wildman–Crippen MR) is 70.9 cm³/mol. The van der Waals surface area contributed by atoms with Crippen LogP contribution in [0.4, 0.5) is 10.1 Å². The van der Waals surface area contributed by atoms with Crippen LogP contribution in [-0.4, -0.2) is 29.1 Å². The molecule has 1 aromatic carbocycles. The Labute approximate surface area is 115 Å². The lowest BCUT2D eigenvalue weighted by Crippen LogP contribution is -2.30. The highest BCUT2D eigenvalue weighted by Crippen LogP contribution is 2.16. The van der Waals surface area contributed by atoms with Crippen LogP contribution in [0.1, 0.15) is 30.1 Å². The molecule has 0 bridgehead atoms. The summed E-state index contributed by atoms with van der Waals surface area (Å²) in [5.74, 6) is -1.43. The van der Waals surface area contributed by atoms with Crippen molar-refractivity contribution in [2.24, 2.45) is 5.92 Å². The van der Waals surface area contributed by atoms with Crippen molar-refractivity contribution in [1.29, 1.82) is 0 Å². The van der Waals surface area contributed by atoms with Gasteiger partial charge in [-0.15, -0.1) is 0 Å². The van der Waals surface area contributed by atoms with Crippen LogP contribution in [-0.2, 0) is 0 Å². The zero-order valence-corrected chi connectivity index (χ0v) is 11.1. The average molecular weight is 284 g/mol. The third-order valence-electron chi connectivity index (χ3n) is 3.07. The number of non-ortho nitro benzene ring substituents is 1. The molecule has 2 N–H and O–H groups in total. The maximum Gasteiger partial charge on any atom is 0.272 e. The fourth-order valence-corrected chi connectivity index (χ4v) is 1.77. The lowest BCUT2D eigenvalue weighted by molar-refractivity contribution is -0.385. The Bertz CT molecular complexity index is 493. The molecule has 20 heavy (non-hydrogen) atoms. The number of nitrogens with zero attached hydrogens (tertiary/aromatic N) is 1. The van der Waals surface area contributed by atoms with Crippen molar-refractivity contribution >= 4 is 11.6 Å². The maximum absolute atomic E-state index is 13.6. The Balaban J connectivity index is 2.70. The largest absolute Gasteiger partial charge is 0.396 e. The minimum atomic E-state index is -0.924. The van der Waals surface area contributed by atoms with Gasteiger partial charge >= 0.3 is 0 Å². The molecule has 0 spiro atoms. The van der Waals surface area contributed by atoms with Crippen LogP contribution in [0.3, 0.4) is 0 Å².